The molecular weight excluding hydrogens is 100 g/mol. The zero-order chi connectivity index (χ0) is 6.57. The fraction of sp³-hybridized carbons (Fsp3) is 1.00. The summed E-state index contributed by atoms with van der Waals surface area (Å²) in [6, 6.07) is 0.218. The molecule has 8 heavy (non-hydrogen) atoms. The molecule has 0 fully saturated rings. The van der Waals surface area contributed by atoms with Crippen molar-refractivity contribution in [1.29, 1.82) is 5.53 Å². The lowest BCUT2D eigenvalue weighted by atomic mass is 10.1. The largest absolute Gasteiger partial charge is 0.210 e. The summed E-state index contributed by atoms with van der Waals surface area (Å²) in [7, 11) is 0. The lowest BCUT2D eigenvalue weighted by Crippen LogP contribution is -2.00. The lowest BCUT2D eigenvalue weighted by Gasteiger charge is -2.05. The van der Waals surface area contributed by atoms with Crippen molar-refractivity contribution in [2.24, 2.45) is 11.0 Å². The van der Waals surface area contributed by atoms with Crippen LogP contribution in [0, 0.1) is 11.4 Å². The maximum Gasteiger partial charge on any atom is 0.0680 e. The van der Waals surface area contributed by atoms with Gasteiger partial charge in [0.25, 0.3) is 0 Å². The molecule has 0 aromatic carbocycles. The molecule has 0 aliphatic rings. The van der Waals surface area contributed by atoms with E-state index >= 15 is 0 Å². The van der Waals surface area contributed by atoms with Crippen LogP contribution in [0.4, 0.5) is 0 Å². The number of nitrogens with one attached hydrogen (secondary N) is 1. The molecule has 0 aliphatic carbocycles. The summed E-state index contributed by atoms with van der Waals surface area (Å²) in [5.41, 5.74) is 6.63. The highest BCUT2D eigenvalue weighted by atomic mass is 15.0. The lowest BCUT2D eigenvalue weighted by molar-refractivity contribution is 0.502. The average Bonchev–Trinajstić information content (AvgIpc) is 1.65. The molecule has 0 bridgehead atoms. The van der Waals surface area contributed by atoms with Crippen LogP contribution in [-0.2, 0) is 0 Å². The molecule has 0 aliphatic heterocycles. The molecule has 1 N–H and O–H groups in total. The van der Waals surface area contributed by atoms with E-state index in [-0.39, 0.29) is 6.04 Å². The Labute approximate surface area is 50.8 Å². The first-order valence-electron chi connectivity index (χ1n) is 3.03. The van der Waals surface area contributed by atoms with E-state index in [1.807, 2.05) is 6.92 Å². The van der Waals surface area contributed by atoms with Crippen LogP contribution >= 0.6 is 0 Å². The second-order valence-corrected chi connectivity index (χ2v) is 2.61. The quantitative estimate of drug-likeness (QED) is 0.547. The molecule has 0 aromatic heterocycles. The van der Waals surface area contributed by atoms with E-state index < -0.39 is 0 Å². The van der Waals surface area contributed by atoms with E-state index in [0.29, 0.717) is 5.92 Å². The monoisotopic (exact) mass is 114 g/mol. The third-order valence-electron chi connectivity index (χ3n) is 1.03. The number of hydrogen-bond acceptors (Lipinski definition) is 2. The predicted octanol–water partition coefficient (Wildman–Crippen LogP) is 2.45. The van der Waals surface area contributed by atoms with Gasteiger partial charge in [-0.3, -0.25) is 0 Å². The van der Waals surface area contributed by atoms with Crippen LogP contribution < -0.4 is 0 Å². The van der Waals surface area contributed by atoms with Crippen molar-refractivity contribution in [2.75, 3.05) is 0 Å². The van der Waals surface area contributed by atoms with Gasteiger partial charge in [0.2, 0.25) is 0 Å². The standard InChI is InChI=1S/C6H14N2/c1-5(2)4-6(3)8-7/h5-7H,4H2,1-3H3. The molecule has 0 aromatic rings. The van der Waals surface area contributed by atoms with Crippen molar-refractivity contribution in [3.8, 4) is 0 Å². The van der Waals surface area contributed by atoms with Gasteiger partial charge in [0.05, 0.1) is 6.04 Å². The van der Waals surface area contributed by atoms with Gasteiger partial charge in [0, 0.05) is 0 Å². The Morgan fingerprint density at radius 2 is 1.88 bits per heavy atom. The Morgan fingerprint density at radius 3 is 2.00 bits per heavy atom. The summed E-state index contributed by atoms with van der Waals surface area (Å²) in [6.07, 6.45) is 1.03. The van der Waals surface area contributed by atoms with E-state index in [4.69, 9.17) is 5.53 Å². The Bertz CT molecular complexity index is 68.9. The Morgan fingerprint density at radius 1 is 1.38 bits per heavy atom. The summed E-state index contributed by atoms with van der Waals surface area (Å²) >= 11 is 0. The minimum atomic E-state index is 0.218. The van der Waals surface area contributed by atoms with Gasteiger partial charge in [0.1, 0.15) is 0 Å². The zero-order valence-electron chi connectivity index (χ0n) is 5.81. The Balaban J connectivity index is 3.23. The van der Waals surface area contributed by atoms with E-state index in [1.165, 1.54) is 0 Å². The third kappa shape index (κ3) is 3.78. The minimum Gasteiger partial charge on any atom is -0.210 e. The fourth-order valence-electron chi connectivity index (χ4n) is 0.735. The van der Waals surface area contributed by atoms with Crippen molar-refractivity contribution in [1.82, 2.24) is 0 Å². The highest BCUT2D eigenvalue weighted by Gasteiger charge is 2.00. The molecule has 0 rings (SSSR count). The van der Waals surface area contributed by atoms with Gasteiger partial charge in [-0.05, 0) is 19.3 Å². The molecule has 1 unspecified atom stereocenters. The molecule has 2 nitrogen and oxygen atoms in total. The van der Waals surface area contributed by atoms with E-state index in [1.54, 1.807) is 0 Å². The minimum absolute atomic E-state index is 0.218. The summed E-state index contributed by atoms with van der Waals surface area (Å²) in [6.45, 7) is 6.25. The maximum absolute atomic E-state index is 6.63. The second-order valence-electron chi connectivity index (χ2n) is 2.61. The molecule has 0 amide bonds. The van der Waals surface area contributed by atoms with E-state index in [2.05, 4.69) is 19.0 Å². The Hall–Kier alpha value is -0.400. The average molecular weight is 114 g/mol. The van der Waals surface area contributed by atoms with Gasteiger partial charge in [-0.25, -0.2) is 5.53 Å². The van der Waals surface area contributed by atoms with E-state index in [9.17, 15) is 0 Å². The van der Waals surface area contributed by atoms with E-state index in [0.717, 1.165) is 6.42 Å². The summed E-state index contributed by atoms with van der Waals surface area (Å²) in [5.74, 6) is 0.666. The Kier molecular flexibility index (Phi) is 3.40. The first-order chi connectivity index (χ1) is 3.66. The first-order valence-corrected chi connectivity index (χ1v) is 3.03. The van der Waals surface area contributed by atoms with Crippen molar-refractivity contribution >= 4 is 0 Å². The third-order valence-corrected chi connectivity index (χ3v) is 1.03. The van der Waals surface area contributed by atoms with Gasteiger partial charge in [0.15, 0.2) is 0 Å². The molecule has 0 heterocycles. The number of nitrogens with zero attached hydrogens (tertiary/aromatic N) is 1. The highest BCUT2D eigenvalue weighted by molar-refractivity contribution is 4.57. The maximum atomic E-state index is 6.63. The topological polar surface area (TPSA) is 36.2 Å². The first kappa shape index (κ1) is 7.60. The normalized spacial score (nSPS) is 14.0. The number of rotatable bonds is 3. The predicted molar refractivity (Wildman–Crippen MR) is 34.1 cm³/mol. The molecule has 2 heteroatoms. The molecule has 1 atom stereocenters. The number of hydrogen-bond donors (Lipinski definition) is 1. The molecule has 0 saturated heterocycles. The van der Waals surface area contributed by atoms with Crippen molar-refractivity contribution in [3.63, 3.8) is 0 Å². The molecule has 0 saturated carbocycles. The summed E-state index contributed by atoms with van der Waals surface area (Å²) in [4.78, 5) is 0. The molecular formula is C6H14N2. The zero-order valence-corrected chi connectivity index (χ0v) is 5.81. The van der Waals surface area contributed by atoms with Crippen LogP contribution in [-0.4, -0.2) is 6.04 Å². The van der Waals surface area contributed by atoms with Crippen LogP contribution in [0.25, 0.3) is 0 Å². The molecule has 0 radical (unpaired) electrons. The summed E-state index contributed by atoms with van der Waals surface area (Å²) < 4.78 is 0. The van der Waals surface area contributed by atoms with Crippen LogP contribution in [0.5, 0.6) is 0 Å². The van der Waals surface area contributed by atoms with Crippen LogP contribution in [0.1, 0.15) is 27.2 Å². The molecule has 48 valence electrons. The van der Waals surface area contributed by atoms with Gasteiger partial charge < -0.3 is 0 Å². The SMILES string of the molecule is CC(C)CC(C)N=N. The van der Waals surface area contributed by atoms with Crippen LogP contribution in [0.2, 0.25) is 0 Å². The van der Waals surface area contributed by atoms with Gasteiger partial charge in [-0.15, -0.1) is 0 Å². The smallest absolute Gasteiger partial charge is 0.0680 e. The van der Waals surface area contributed by atoms with Crippen molar-refractivity contribution in [3.05, 3.63) is 0 Å². The van der Waals surface area contributed by atoms with Crippen molar-refractivity contribution < 1.29 is 0 Å². The van der Waals surface area contributed by atoms with Crippen LogP contribution in [0.15, 0.2) is 5.11 Å². The van der Waals surface area contributed by atoms with Gasteiger partial charge in [-0.2, -0.15) is 5.11 Å². The van der Waals surface area contributed by atoms with Crippen LogP contribution in [0.3, 0.4) is 0 Å². The second kappa shape index (κ2) is 3.58. The molecule has 0 spiro atoms. The van der Waals surface area contributed by atoms with Gasteiger partial charge in [-0.1, -0.05) is 13.8 Å². The highest BCUT2D eigenvalue weighted by Crippen LogP contribution is 2.05. The fourth-order valence-corrected chi connectivity index (χ4v) is 0.735. The summed E-state index contributed by atoms with van der Waals surface area (Å²) in [5, 5.41) is 3.38. The van der Waals surface area contributed by atoms with Gasteiger partial charge >= 0.3 is 0 Å². The van der Waals surface area contributed by atoms with Crippen molar-refractivity contribution in [2.45, 2.75) is 33.2 Å².